The molecular weight excluding hydrogens is 446 g/mol. The number of fused-ring (bicyclic) bond motifs is 1. The van der Waals surface area contributed by atoms with Crippen LogP contribution in [0.2, 0.25) is 0 Å². The van der Waals surface area contributed by atoms with E-state index < -0.39 is 0 Å². The van der Waals surface area contributed by atoms with Crippen LogP contribution in [0.1, 0.15) is 10.4 Å². The number of hydrogen-bond donors (Lipinski definition) is 0. The molecule has 0 bridgehead atoms. The van der Waals surface area contributed by atoms with Crippen LogP contribution in [-0.2, 0) is 0 Å². The van der Waals surface area contributed by atoms with E-state index in [1.807, 2.05) is 65.7 Å². The average Bonchev–Trinajstić information content (AvgIpc) is 3.55. The first-order chi connectivity index (χ1) is 16.8. The molecule has 0 atom stereocenters. The number of thiazole rings is 1. The molecule has 1 aliphatic heterocycles. The highest BCUT2D eigenvalue weighted by Gasteiger charge is 2.27. The Morgan fingerprint density at radius 2 is 1.74 bits per heavy atom. The third-order valence-electron chi connectivity index (χ3n) is 5.89. The molecule has 0 radical (unpaired) electrons. The molecule has 9 heteroatoms. The number of hydrogen-bond acceptors (Lipinski definition) is 7. The van der Waals surface area contributed by atoms with Gasteiger partial charge in [0.2, 0.25) is 0 Å². The largest absolute Gasteiger partial charge is 0.344 e. The van der Waals surface area contributed by atoms with Gasteiger partial charge in [-0.1, -0.05) is 29.5 Å². The average molecular weight is 468 g/mol. The lowest BCUT2D eigenvalue weighted by Gasteiger charge is -2.34. The predicted molar refractivity (Wildman–Crippen MR) is 132 cm³/mol. The maximum Gasteiger partial charge on any atom is 0.257 e. The van der Waals surface area contributed by atoms with E-state index in [9.17, 15) is 4.79 Å². The first-order valence-corrected chi connectivity index (χ1v) is 11.9. The Hall–Kier alpha value is -4.11. The molecule has 1 saturated heterocycles. The fourth-order valence-corrected chi connectivity index (χ4v) is 5.08. The molecule has 168 valence electrons. The highest BCUT2D eigenvalue weighted by Crippen LogP contribution is 2.29. The normalized spacial score (nSPS) is 14.0. The van der Waals surface area contributed by atoms with Crippen LogP contribution in [0.5, 0.6) is 0 Å². The zero-order valence-corrected chi connectivity index (χ0v) is 19.1. The van der Waals surface area contributed by atoms with E-state index in [2.05, 4.69) is 14.9 Å². The van der Waals surface area contributed by atoms with Crippen molar-refractivity contribution in [3.05, 3.63) is 84.9 Å². The fourth-order valence-electron chi connectivity index (χ4n) is 4.12. The molecule has 5 aromatic rings. The molecular formula is C25H21N7OS. The number of rotatable bonds is 4. The van der Waals surface area contributed by atoms with E-state index in [1.54, 1.807) is 34.6 Å². The molecule has 1 amide bonds. The molecule has 1 aromatic carbocycles. The number of carbonyl (C=O) groups excluding carboxylic acids is 1. The Labute approximate surface area is 200 Å². The van der Waals surface area contributed by atoms with E-state index in [0.29, 0.717) is 24.3 Å². The van der Waals surface area contributed by atoms with Gasteiger partial charge in [0.15, 0.2) is 5.13 Å². The molecule has 0 unspecified atom stereocenters. The molecule has 4 aromatic heterocycles. The maximum atomic E-state index is 13.6. The summed E-state index contributed by atoms with van der Waals surface area (Å²) in [4.78, 5) is 32.0. The van der Waals surface area contributed by atoms with Crippen molar-refractivity contribution in [2.45, 2.75) is 0 Å². The number of amides is 1. The van der Waals surface area contributed by atoms with Gasteiger partial charge in [0.1, 0.15) is 16.0 Å². The molecule has 1 aliphatic rings. The maximum absolute atomic E-state index is 13.6. The van der Waals surface area contributed by atoms with E-state index >= 15 is 0 Å². The van der Waals surface area contributed by atoms with Crippen LogP contribution in [0.25, 0.3) is 27.3 Å². The number of benzene rings is 1. The van der Waals surface area contributed by atoms with Crippen molar-refractivity contribution in [2.75, 3.05) is 31.1 Å². The molecule has 5 heterocycles. The minimum atomic E-state index is -0.0216. The summed E-state index contributed by atoms with van der Waals surface area (Å²) in [7, 11) is 0. The van der Waals surface area contributed by atoms with Gasteiger partial charge in [0.05, 0.1) is 11.3 Å². The monoisotopic (exact) mass is 467 g/mol. The lowest BCUT2D eigenvalue weighted by molar-refractivity contribution is 0.0747. The van der Waals surface area contributed by atoms with E-state index in [0.717, 1.165) is 39.8 Å². The van der Waals surface area contributed by atoms with Crippen molar-refractivity contribution < 1.29 is 4.79 Å². The number of pyridine rings is 2. The van der Waals surface area contributed by atoms with Gasteiger partial charge in [-0.25, -0.2) is 14.6 Å². The highest BCUT2D eigenvalue weighted by atomic mass is 32.1. The summed E-state index contributed by atoms with van der Waals surface area (Å²) in [6, 6.07) is 17.5. The number of carbonyl (C=O) groups is 1. The fraction of sp³-hybridized carbons (Fsp3) is 0.160. The zero-order chi connectivity index (χ0) is 22.9. The molecule has 0 N–H and O–H groups in total. The van der Waals surface area contributed by atoms with Crippen LogP contribution in [0.4, 0.5) is 5.13 Å². The van der Waals surface area contributed by atoms with Crippen molar-refractivity contribution in [2.24, 2.45) is 0 Å². The second kappa shape index (κ2) is 8.68. The van der Waals surface area contributed by atoms with Crippen LogP contribution in [0.3, 0.4) is 0 Å². The standard InChI is InChI=1S/C25H21N7OS/c33-24(30-12-14-31(15-13-30)25-28-21-9-5-11-27-23(21)34-25)20-17-32(19-7-2-1-3-8-19)29-22(20)18-6-4-10-26-16-18/h1-11,16-17H,12-15H2. The van der Waals surface area contributed by atoms with Gasteiger partial charge < -0.3 is 9.80 Å². The van der Waals surface area contributed by atoms with Gasteiger partial charge in [-0.2, -0.15) is 5.10 Å². The lowest BCUT2D eigenvalue weighted by Crippen LogP contribution is -2.48. The van der Waals surface area contributed by atoms with Crippen molar-refractivity contribution in [3.63, 3.8) is 0 Å². The van der Waals surface area contributed by atoms with Gasteiger partial charge in [0.25, 0.3) is 5.91 Å². The molecule has 6 rings (SSSR count). The smallest absolute Gasteiger partial charge is 0.257 e. The van der Waals surface area contributed by atoms with Gasteiger partial charge in [-0.05, 0) is 36.4 Å². The number of nitrogens with zero attached hydrogens (tertiary/aromatic N) is 7. The highest BCUT2D eigenvalue weighted by molar-refractivity contribution is 7.21. The number of aromatic nitrogens is 5. The number of anilines is 1. The zero-order valence-electron chi connectivity index (χ0n) is 18.3. The minimum absolute atomic E-state index is 0.0216. The van der Waals surface area contributed by atoms with Crippen LogP contribution in [0.15, 0.2) is 79.4 Å². The van der Waals surface area contributed by atoms with Crippen molar-refractivity contribution in [1.29, 1.82) is 0 Å². The predicted octanol–water partition coefficient (Wildman–Crippen LogP) is 3.90. The molecule has 8 nitrogen and oxygen atoms in total. The minimum Gasteiger partial charge on any atom is -0.344 e. The SMILES string of the molecule is O=C(c1cn(-c2ccccc2)nc1-c1cccnc1)N1CCN(c2nc3cccnc3s2)CC1. The summed E-state index contributed by atoms with van der Waals surface area (Å²) < 4.78 is 1.76. The van der Waals surface area contributed by atoms with Gasteiger partial charge in [0, 0.05) is 56.5 Å². The third-order valence-corrected chi connectivity index (χ3v) is 6.93. The Morgan fingerprint density at radius 1 is 0.912 bits per heavy atom. The topological polar surface area (TPSA) is 80.0 Å². The van der Waals surface area contributed by atoms with Crippen LogP contribution in [0, 0.1) is 0 Å². The van der Waals surface area contributed by atoms with Gasteiger partial charge in [-0.15, -0.1) is 0 Å². The third kappa shape index (κ3) is 3.80. The molecule has 0 aliphatic carbocycles. The van der Waals surface area contributed by atoms with E-state index in [1.165, 1.54) is 0 Å². The number of para-hydroxylation sites is 1. The summed E-state index contributed by atoms with van der Waals surface area (Å²) in [5, 5.41) is 5.71. The second-order valence-corrected chi connectivity index (χ2v) is 8.97. The van der Waals surface area contributed by atoms with Gasteiger partial charge in [-0.3, -0.25) is 9.78 Å². The van der Waals surface area contributed by atoms with E-state index in [-0.39, 0.29) is 5.91 Å². The van der Waals surface area contributed by atoms with Crippen molar-refractivity contribution in [3.8, 4) is 16.9 Å². The Balaban J connectivity index is 1.26. The van der Waals surface area contributed by atoms with Crippen molar-refractivity contribution >= 4 is 32.7 Å². The van der Waals surface area contributed by atoms with Crippen LogP contribution < -0.4 is 4.90 Å². The molecule has 1 fully saturated rings. The Morgan fingerprint density at radius 3 is 2.50 bits per heavy atom. The summed E-state index contributed by atoms with van der Waals surface area (Å²) in [6.45, 7) is 2.68. The second-order valence-electron chi connectivity index (χ2n) is 8.02. The van der Waals surface area contributed by atoms with E-state index in [4.69, 9.17) is 10.1 Å². The summed E-state index contributed by atoms with van der Waals surface area (Å²) in [5.41, 5.74) is 3.86. The first-order valence-electron chi connectivity index (χ1n) is 11.1. The van der Waals surface area contributed by atoms with Gasteiger partial charge >= 0.3 is 0 Å². The Kier molecular flexibility index (Phi) is 5.23. The lowest BCUT2D eigenvalue weighted by atomic mass is 10.1. The quantitative estimate of drug-likeness (QED) is 0.399. The first kappa shape index (κ1) is 20.5. The summed E-state index contributed by atoms with van der Waals surface area (Å²) in [6.07, 6.45) is 7.07. The Bertz CT molecular complexity index is 1410. The van der Waals surface area contributed by atoms with Crippen LogP contribution in [-0.4, -0.2) is 61.7 Å². The molecule has 0 saturated carbocycles. The molecule has 0 spiro atoms. The summed E-state index contributed by atoms with van der Waals surface area (Å²) >= 11 is 1.59. The van der Waals surface area contributed by atoms with Crippen LogP contribution >= 0.6 is 11.3 Å². The summed E-state index contributed by atoms with van der Waals surface area (Å²) in [5.74, 6) is -0.0216. The molecule has 34 heavy (non-hydrogen) atoms. The van der Waals surface area contributed by atoms with Crippen molar-refractivity contribution in [1.82, 2.24) is 29.6 Å². The number of piperazine rings is 1.